The first-order valence-electron chi connectivity index (χ1n) is 4.94. The predicted octanol–water partition coefficient (Wildman–Crippen LogP) is 3.05. The Kier molecular flexibility index (Phi) is 3.16. The summed E-state index contributed by atoms with van der Waals surface area (Å²) in [6, 6.07) is 0. The van der Waals surface area contributed by atoms with Crippen molar-refractivity contribution in [2.45, 2.75) is 45.6 Å². The van der Waals surface area contributed by atoms with Gasteiger partial charge in [-0.1, -0.05) is 13.3 Å². The zero-order valence-electron chi connectivity index (χ0n) is 8.76. The molecule has 1 nitrogen and oxygen atoms in total. The molecule has 0 N–H and O–H groups in total. The van der Waals surface area contributed by atoms with Crippen LogP contribution in [-0.2, 0) is 4.74 Å². The molecule has 1 rings (SSSR count). The molecule has 2 atom stereocenters. The number of ether oxygens (including phenoxy) is 1. The molecule has 0 aliphatic heterocycles. The quantitative estimate of drug-likeness (QED) is 0.617. The summed E-state index contributed by atoms with van der Waals surface area (Å²) in [5.41, 5.74) is 0.0418. The minimum Gasteiger partial charge on any atom is -0.379 e. The van der Waals surface area contributed by atoms with Crippen molar-refractivity contribution in [2.24, 2.45) is 11.8 Å². The van der Waals surface area contributed by atoms with Gasteiger partial charge in [0.25, 0.3) is 0 Å². The van der Waals surface area contributed by atoms with Gasteiger partial charge >= 0.3 is 0 Å². The fourth-order valence-electron chi connectivity index (χ4n) is 1.88. The predicted molar refractivity (Wildman–Crippen MR) is 51.9 cm³/mol. The van der Waals surface area contributed by atoms with Crippen molar-refractivity contribution in [3.63, 3.8) is 0 Å². The highest BCUT2D eigenvalue weighted by molar-refractivity contribution is 4.93. The van der Waals surface area contributed by atoms with E-state index in [2.05, 4.69) is 27.2 Å². The van der Waals surface area contributed by atoms with Crippen LogP contribution >= 0.6 is 0 Å². The summed E-state index contributed by atoms with van der Waals surface area (Å²) in [5.74, 6) is 1.53. The van der Waals surface area contributed by atoms with E-state index in [1.165, 1.54) is 19.3 Å². The highest BCUT2D eigenvalue weighted by Crippen LogP contribution is 2.35. The lowest BCUT2D eigenvalue weighted by Gasteiger charge is -2.37. The number of methoxy groups -OCH3 is 1. The second-order valence-electron chi connectivity index (χ2n) is 4.57. The Balaban J connectivity index is 2.44. The van der Waals surface area contributed by atoms with Gasteiger partial charge in [0.1, 0.15) is 0 Å². The fraction of sp³-hybridized carbons (Fsp3) is 0.909. The van der Waals surface area contributed by atoms with Crippen LogP contribution in [-0.4, -0.2) is 12.7 Å². The summed E-state index contributed by atoms with van der Waals surface area (Å²) >= 11 is 0. The first-order chi connectivity index (χ1) is 5.56. The molecule has 1 aliphatic carbocycles. The maximum absolute atomic E-state index is 5.48. The normalized spacial score (nSPS) is 32.0. The fourth-order valence-corrected chi connectivity index (χ4v) is 1.88. The second kappa shape index (κ2) is 3.78. The van der Waals surface area contributed by atoms with Gasteiger partial charge in [0.2, 0.25) is 0 Å². The molecule has 1 aliphatic rings. The molecular formula is C11H21O. The molecule has 0 aromatic carbocycles. The van der Waals surface area contributed by atoms with Crippen LogP contribution in [0.2, 0.25) is 0 Å². The molecule has 0 heterocycles. The number of hydrogen-bond donors (Lipinski definition) is 0. The maximum atomic E-state index is 5.48. The molecule has 0 aromatic heterocycles. The van der Waals surface area contributed by atoms with Crippen molar-refractivity contribution in [3.05, 3.63) is 6.42 Å². The van der Waals surface area contributed by atoms with E-state index < -0.39 is 0 Å². The zero-order chi connectivity index (χ0) is 9.19. The van der Waals surface area contributed by atoms with Gasteiger partial charge in [0.05, 0.1) is 5.60 Å². The van der Waals surface area contributed by atoms with Crippen molar-refractivity contribution < 1.29 is 4.74 Å². The van der Waals surface area contributed by atoms with Gasteiger partial charge in [-0.05, 0) is 44.9 Å². The third-order valence-corrected chi connectivity index (χ3v) is 3.21. The van der Waals surface area contributed by atoms with Crippen LogP contribution in [0.1, 0.15) is 40.0 Å². The monoisotopic (exact) mass is 169 g/mol. The number of rotatable bonds is 2. The average Bonchev–Trinajstić information content (AvgIpc) is 2.05. The van der Waals surface area contributed by atoms with Crippen molar-refractivity contribution in [2.75, 3.05) is 7.11 Å². The van der Waals surface area contributed by atoms with E-state index in [1.807, 2.05) is 7.11 Å². The topological polar surface area (TPSA) is 9.23 Å². The summed E-state index contributed by atoms with van der Waals surface area (Å²) in [6.07, 6.45) is 6.35. The molecule has 2 unspecified atom stereocenters. The molecule has 1 fully saturated rings. The van der Waals surface area contributed by atoms with Crippen molar-refractivity contribution in [1.82, 2.24) is 0 Å². The van der Waals surface area contributed by atoms with Crippen LogP contribution in [0, 0.1) is 18.3 Å². The van der Waals surface area contributed by atoms with Crippen LogP contribution in [0.5, 0.6) is 0 Å². The van der Waals surface area contributed by atoms with E-state index in [4.69, 9.17) is 4.74 Å². The van der Waals surface area contributed by atoms with Crippen LogP contribution < -0.4 is 0 Å². The minimum atomic E-state index is 0.0418. The van der Waals surface area contributed by atoms with Crippen LogP contribution in [0.25, 0.3) is 0 Å². The van der Waals surface area contributed by atoms with Gasteiger partial charge in [-0.2, -0.15) is 0 Å². The molecule has 1 radical (unpaired) electrons. The molecule has 1 heteroatoms. The lowest BCUT2D eigenvalue weighted by molar-refractivity contribution is -0.0272. The van der Waals surface area contributed by atoms with Crippen molar-refractivity contribution >= 4 is 0 Å². The molecule has 0 bridgehead atoms. The lowest BCUT2D eigenvalue weighted by Crippen LogP contribution is -2.36. The third-order valence-electron chi connectivity index (χ3n) is 3.21. The van der Waals surface area contributed by atoms with Gasteiger partial charge < -0.3 is 4.74 Å². The average molecular weight is 169 g/mol. The summed E-state index contributed by atoms with van der Waals surface area (Å²) in [6.45, 7) is 6.70. The summed E-state index contributed by atoms with van der Waals surface area (Å²) in [7, 11) is 1.81. The molecule has 0 spiro atoms. The van der Waals surface area contributed by atoms with E-state index in [-0.39, 0.29) is 5.60 Å². The van der Waals surface area contributed by atoms with Crippen molar-refractivity contribution in [1.29, 1.82) is 0 Å². The number of hydrogen-bond acceptors (Lipinski definition) is 1. The van der Waals surface area contributed by atoms with Gasteiger partial charge in [0.15, 0.2) is 0 Å². The minimum absolute atomic E-state index is 0.0418. The van der Waals surface area contributed by atoms with Crippen LogP contribution in [0.3, 0.4) is 0 Å². The summed E-state index contributed by atoms with van der Waals surface area (Å²) in [5, 5.41) is 0. The molecular weight excluding hydrogens is 148 g/mol. The van der Waals surface area contributed by atoms with E-state index in [0.717, 1.165) is 5.92 Å². The Morgan fingerprint density at radius 3 is 2.42 bits per heavy atom. The molecule has 12 heavy (non-hydrogen) atoms. The van der Waals surface area contributed by atoms with E-state index in [0.29, 0.717) is 5.92 Å². The Morgan fingerprint density at radius 2 is 2.00 bits per heavy atom. The molecule has 0 amide bonds. The molecule has 0 saturated heterocycles. The van der Waals surface area contributed by atoms with Gasteiger partial charge in [-0.3, -0.25) is 0 Å². The van der Waals surface area contributed by atoms with Gasteiger partial charge in [-0.15, -0.1) is 0 Å². The van der Waals surface area contributed by atoms with Gasteiger partial charge in [0, 0.05) is 7.11 Å². The molecule has 1 saturated carbocycles. The maximum Gasteiger partial charge on any atom is 0.0653 e. The Labute approximate surface area is 76.5 Å². The highest BCUT2D eigenvalue weighted by Gasteiger charge is 2.31. The Morgan fingerprint density at radius 1 is 1.33 bits per heavy atom. The summed E-state index contributed by atoms with van der Waals surface area (Å²) < 4.78 is 5.48. The largest absolute Gasteiger partial charge is 0.379 e. The highest BCUT2D eigenvalue weighted by atomic mass is 16.5. The third kappa shape index (κ3) is 2.22. The standard InChI is InChI=1S/C11H21O/c1-9-5-7-10(8-6-9)11(2,3)12-4/h7,9-10H,5-6,8H2,1-4H3. The van der Waals surface area contributed by atoms with Crippen LogP contribution in [0.4, 0.5) is 0 Å². The van der Waals surface area contributed by atoms with Gasteiger partial charge in [-0.25, -0.2) is 0 Å². The molecule has 71 valence electrons. The summed E-state index contributed by atoms with van der Waals surface area (Å²) in [4.78, 5) is 0. The lowest BCUT2D eigenvalue weighted by atomic mass is 9.75. The van der Waals surface area contributed by atoms with Crippen molar-refractivity contribution in [3.8, 4) is 0 Å². The first kappa shape index (κ1) is 10.0. The van der Waals surface area contributed by atoms with E-state index in [1.54, 1.807) is 0 Å². The zero-order valence-corrected chi connectivity index (χ0v) is 8.76. The second-order valence-corrected chi connectivity index (χ2v) is 4.57. The SMILES string of the molecule is COC(C)(C)C1[CH]CC(C)CC1. The van der Waals surface area contributed by atoms with Crippen LogP contribution in [0.15, 0.2) is 0 Å². The Hall–Kier alpha value is -0.0400. The van der Waals surface area contributed by atoms with E-state index >= 15 is 0 Å². The molecule has 0 aromatic rings. The first-order valence-corrected chi connectivity index (χ1v) is 4.94. The Bertz CT molecular complexity index is 132. The smallest absolute Gasteiger partial charge is 0.0653 e. The van der Waals surface area contributed by atoms with E-state index in [9.17, 15) is 0 Å².